The standard InChI is InChI=1S/C19H20N2O5/c1-25-19(24)12-3-2-10(8-12)11-4-5-13-15(9-11)26-21-17(13)14-6-7-16(22)20-18(14)23/h4-5,9-10,12,14H,2-3,6-8H2,1H3,(H,20,22,23)/t10?,12-,14?/m0/s1. The molecule has 7 heteroatoms. The van der Waals surface area contributed by atoms with E-state index in [9.17, 15) is 14.4 Å². The molecule has 0 spiro atoms. The minimum atomic E-state index is -0.463. The summed E-state index contributed by atoms with van der Waals surface area (Å²) < 4.78 is 10.3. The summed E-state index contributed by atoms with van der Waals surface area (Å²) in [6, 6.07) is 5.88. The molecule has 3 atom stereocenters. The Balaban J connectivity index is 1.57. The quantitative estimate of drug-likeness (QED) is 0.670. The Kier molecular flexibility index (Phi) is 4.22. The zero-order chi connectivity index (χ0) is 18.3. The van der Waals surface area contributed by atoms with E-state index in [1.54, 1.807) is 0 Å². The number of methoxy groups -OCH3 is 1. The van der Waals surface area contributed by atoms with Gasteiger partial charge in [-0.25, -0.2) is 0 Å². The molecular formula is C19H20N2O5. The lowest BCUT2D eigenvalue weighted by Gasteiger charge is -2.18. The van der Waals surface area contributed by atoms with Crippen molar-refractivity contribution in [3.63, 3.8) is 0 Å². The summed E-state index contributed by atoms with van der Waals surface area (Å²) in [5, 5.41) is 7.25. The van der Waals surface area contributed by atoms with Crippen LogP contribution in [-0.4, -0.2) is 30.1 Å². The summed E-state index contributed by atoms with van der Waals surface area (Å²) in [4.78, 5) is 35.1. The van der Waals surface area contributed by atoms with Gasteiger partial charge in [-0.3, -0.25) is 19.7 Å². The first-order chi connectivity index (χ1) is 12.6. The number of hydrogen-bond donors (Lipinski definition) is 1. The average molecular weight is 356 g/mol. The van der Waals surface area contributed by atoms with Gasteiger partial charge >= 0.3 is 5.97 Å². The predicted octanol–water partition coefficient (Wildman–Crippen LogP) is 2.40. The molecule has 26 heavy (non-hydrogen) atoms. The van der Waals surface area contributed by atoms with Crippen molar-refractivity contribution >= 4 is 28.8 Å². The number of rotatable bonds is 3. The van der Waals surface area contributed by atoms with Crippen LogP contribution in [0.2, 0.25) is 0 Å². The number of imide groups is 1. The minimum absolute atomic E-state index is 0.0468. The summed E-state index contributed by atoms with van der Waals surface area (Å²) >= 11 is 0. The molecule has 136 valence electrons. The van der Waals surface area contributed by atoms with E-state index in [1.807, 2.05) is 18.2 Å². The van der Waals surface area contributed by atoms with Crippen LogP contribution in [0.3, 0.4) is 0 Å². The maximum Gasteiger partial charge on any atom is 0.308 e. The van der Waals surface area contributed by atoms with Gasteiger partial charge in [0.1, 0.15) is 5.69 Å². The van der Waals surface area contributed by atoms with Gasteiger partial charge in [0.05, 0.1) is 18.9 Å². The lowest BCUT2D eigenvalue weighted by Crippen LogP contribution is -2.39. The van der Waals surface area contributed by atoms with Crippen LogP contribution in [0.4, 0.5) is 0 Å². The maximum absolute atomic E-state index is 12.1. The van der Waals surface area contributed by atoms with Gasteiger partial charge in [0.15, 0.2) is 5.58 Å². The van der Waals surface area contributed by atoms with Crippen LogP contribution in [0.1, 0.15) is 55.2 Å². The zero-order valence-corrected chi connectivity index (χ0v) is 14.5. The molecule has 2 aliphatic rings. The van der Waals surface area contributed by atoms with Crippen molar-refractivity contribution in [1.82, 2.24) is 10.5 Å². The van der Waals surface area contributed by atoms with Gasteiger partial charge in [0.2, 0.25) is 11.8 Å². The number of amides is 2. The summed E-state index contributed by atoms with van der Waals surface area (Å²) in [5.74, 6) is -0.939. The molecular weight excluding hydrogens is 336 g/mol. The van der Waals surface area contributed by atoms with Crippen molar-refractivity contribution in [1.29, 1.82) is 0 Å². The highest BCUT2D eigenvalue weighted by atomic mass is 16.5. The summed E-state index contributed by atoms with van der Waals surface area (Å²) in [7, 11) is 1.42. The first-order valence-corrected chi connectivity index (χ1v) is 8.87. The number of hydrogen-bond acceptors (Lipinski definition) is 6. The van der Waals surface area contributed by atoms with Crippen molar-refractivity contribution in [2.45, 2.75) is 43.9 Å². The van der Waals surface area contributed by atoms with Crippen molar-refractivity contribution < 1.29 is 23.6 Å². The third-order valence-corrected chi connectivity index (χ3v) is 5.53. The molecule has 2 fully saturated rings. The van der Waals surface area contributed by atoms with Crippen LogP contribution in [0.5, 0.6) is 0 Å². The highest BCUT2D eigenvalue weighted by Crippen LogP contribution is 2.40. The molecule has 1 saturated heterocycles. The van der Waals surface area contributed by atoms with Gasteiger partial charge in [-0.05, 0) is 49.3 Å². The average Bonchev–Trinajstić information content (AvgIpc) is 3.28. The molecule has 4 rings (SSSR count). The Bertz CT molecular complexity index is 887. The molecule has 2 heterocycles. The number of piperidine rings is 1. The van der Waals surface area contributed by atoms with Crippen molar-refractivity contribution in [2.24, 2.45) is 5.92 Å². The van der Waals surface area contributed by atoms with Gasteiger partial charge in [-0.2, -0.15) is 0 Å². The first-order valence-electron chi connectivity index (χ1n) is 8.87. The topological polar surface area (TPSA) is 98.5 Å². The van der Waals surface area contributed by atoms with Crippen molar-refractivity contribution in [2.75, 3.05) is 7.11 Å². The van der Waals surface area contributed by atoms with E-state index in [-0.39, 0.29) is 29.6 Å². The van der Waals surface area contributed by atoms with E-state index in [0.717, 1.165) is 30.2 Å². The fourth-order valence-electron chi connectivity index (χ4n) is 4.10. The van der Waals surface area contributed by atoms with Gasteiger partial charge in [-0.15, -0.1) is 0 Å². The van der Waals surface area contributed by atoms with E-state index in [4.69, 9.17) is 9.26 Å². The molecule has 7 nitrogen and oxygen atoms in total. The number of fused-ring (bicyclic) bond motifs is 1. The molecule has 1 aliphatic carbocycles. The number of nitrogens with zero attached hydrogens (tertiary/aromatic N) is 1. The lowest BCUT2D eigenvalue weighted by atomic mass is 9.91. The van der Waals surface area contributed by atoms with Gasteiger partial charge in [0.25, 0.3) is 0 Å². The van der Waals surface area contributed by atoms with E-state index in [2.05, 4.69) is 10.5 Å². The normalized spacial score (nSPS) is 26.1. The Hall–Kier alpha value is -2.70. The molecule has 1 aliphatic heterocycles. The maximum atomic E-state index is 12.1. The van der Waals surface area contributed by atoms with Gasteiger partial charge in [0, 0.05) is 11.8 Å². The Morgan fingerprint density at radius 3 is 2.88 bits per heavy atom. The van der Waals surface area contributed by atoms with Crippen LogP contribution >= 0.6 is 0 Å². The van der Waals surface area contributed by atoms with Crippen LogP contribution < -0.4 is 5.32 Å². The zero-order valence-electron chi connectivity index (χ0n) is 14.5. The van der Waals surface area contributed by atoms with Crippen LogP contribution in [0, 0.1) is 5.92 Å². The fraction of sp³-hybridized carbons (Fsp3) is 0.474. The van der Waals surface area contributed by atoms with Crippen LogP contribution in [-0.2, 0) is 19.1 Å². The highest BCUT2D eigenvalue weighted by molar-refractivity contribution is 6.02. The Morgan fingerprint density at radius 2 is 2.12 bits per heavy atom. The fourth-order valence-corrected chi connectivity index (χ4v) is 4.10. The summed E-state index contributed by atoms with van der Waals surface area (Å²) in [5.41, 5.74) is 2.31. The van der Waals surface area contributed by atoms with Gasteiger partial charge < -0.3 is 9.26 Å². The van der Waals surface area contributed by atoms with Crippen molar-refractivity contribution in [3.8, 4) is 0 Å². The SMILES string of the molecule is COC(=O)[C@H]1CCC(c2ccc3c(C4CCC(=O)NC4=O)noc3c2)C1. The Morgan fingerprint density at radius 1 is 1.27 bits per heavy atom. The third kappa shape index (κ3) is 2.87. The molecule has 0 bridgehead atoms. The number of nitrogens with one attached hydrogen (secondary N) is 1. The van der Waals surface area contributed by atoms with Crippen molar-refractivity contribution in [3.05, 3.63) is 29.5 Å². The second-order valence-corrected chi connectivity index (χ2v) is 7.06. The third-order valence-electron chi connectivity index (χ3n) is 5.53. The van der Waals surface area contributed by atoms with Crippen LogP contribution in [0.25, 0.3) is 11.0 Å². The molecule has 1 aromatic carbocycles. The molecule has 1 aromatic heterocycles. The number of esters is 1. The molecule has 0 radical (unpaired) electrons. The molecule has 2 unspecified atom stereocenters. The first kappa shape index (κ1) is 16.8. The second kappa shape index (κ2) is 6.55. The summed E-state index contributed by atoms with van der Waals surface area (Å²) in [6.45, 7) is 0. The highest BCUT2D eigenvalue weighted by Gasteiger charge is 2.33. The largest absolute Gasteiger partial charge is 0.469 e. The van der Waals surface area contributed by atoms with E-state index < -0.39 is 5.92 Å². The number of benzene rings is 1. The predicted molar refractivity (Wildman–Crippen MR) is 91.2 cm³/mol. The number of carbonyl (C=O) groups is 3. The molecule has 1 N–H and O–H groups in total. The number of aromatic nitrogens is 1. The minimum Gasteiger partial charge on any atom is -0.469 e. The van der Waals surface area contributed by atoms with E-state index >= 15 is 0 Å². The molecule has 1 saturated carbocycles. The smallest absolute Gasteiger partial charge is 0.308 e. The summed E-state index contributed by atoms with van der Waals surface area (Å²) in [6.07, 6.45) is 3.27. The Labute approximate surface area is 150 Å². The van der Waals surface area contributed by atoms with Gasteiger partial charge in [-0.1, -0.05) is 11.2 Å². The lowest BCUT2D eigenvalue weighted by molar-refractivity contribution is -0.145. The van der Waals surface area contributed by atoms with E-state index in [1.165, 1.54) is 7.11 Å². The second-order valence-electron chi connectivity index (χ2n) is 7.06. The van der Waals surface area contributed by atoms with E-state index in [0.29, 0.717) is 24.1 Å². The number of ether oxygens (including phenoxy) is 1. The molecule has 2 aromatic rings. The monoisotopic (exact) mass is 356 g/mol. The number of carbonyl (C=O) groups excluding carboxylic acids is 3. The van der Waals surface area contributed by atoms with Crippen LogP contribution in [0.15, 0.2) is 22.7 Å². The molecule has 2 amide bonds.